The van der Waals surface area contributed by atoms with Crippen molar-refractivity contribution in [1.29, 1.82) is 0 Å². The predicted octanol–water partition coefficient (Wildman–Crippen LogP) is 9.90. The average molecular weight is 562 g/mol. The van der Waals surface area contributed by atoms with Crippen LogP contribution in [0.1, 0.15) is 168 Å². The van der Waals surface area contributed by atoms with Crippen molar-refractivity contribution in [2.75, 3.05) is 6.61 Å². The number of carbonyl (C=O) groups excluding carboxylic acids is 1. The third kappa shape index (κ3) is 28.1. The Morgan fingerprint density at radius 2 is 1.02 bits per heavy atom. The summed E-state index contributed by atoms with van der Waals surface area (Å²) >= 11 is 0. The van der Waals surface area contributed by atoms with E-state index in [2.05, 4.69) is 36.5 Å². The molecule has 0 heterocycles. The van der Waals surface area contributed by atoms with Crippen LogP contribution in [0.2, 0.25) is 0 Å². The van der Waals surface area contributed by atoms with E-state index in [0.717, 1.165) is 38.5 Å². The van der Waals surface area contributed by atoms with Gasteiger partial charge >= 0.3 is 0 Å². The molecular formula is C36H67NO3. The molecular weight excluding hydrogens is 494 g/mol. The number of allylic oxidation sites excluding steroid dienone is 5. The maximum Gasteiger partial charge on any atom is 0.220 e. The van der Waals surface area contributed by atoms with Crippen LogP contribution >= 0.6 is 0 Å². The van der Waals surface area contributed by atoms with Gasteiger partial charge in [-0.3, -0.25) is 4.79 Å². The van der Waals surface area contributed by atoms with Crippen molar-refractivity contribution >= 4 is 5.91 Å². The number of aliphatic hydroxyl groups excluding tert-OH is 2. The number of hydrogen-bond donors (Lipinski definition) is 3. The third-order valence-electron chi connectivity index (χ3n) is 7.70. The van der Waals surface area contributed by atoms with Gasteiger partial charge in [-0.15, -0.1) is 0 Å². The molecule has 0 fully saturated rings. The second-order valence-corrected chi connectivity index (χ2v) is 11.6. The molecule has 4 heteroatoms. The smallest absolute Gasteiger partial charge is 0.220 e. The highest BCUT2D eigenvalue weighted by Crippen LogP contribution is 2.15. The van der Waals surface area contributed by atoms with Gasteiger partial charge in [0.15, 0.2) is 0 Å². The lowest BCUT2D eigenvalue weighted by atomic mass is 10.0. The van der Waals surface area contributed by atoms with Crippen LogP contribution in [0, 0.1) is 0 Å². The van der Waals surface area contributed by atoms with E-state index in [4.69, 9.17) is 0 Å². The normalized spacial score (nSPS) is 13.6. The summed E-state index contributed by atoms with van der Waals surface area (Å²) < 4.78 is 0. The first-order valence-electron chi connectivity index (χ1n) is 17.2. The molecule has 0 saturated heterocycles. The molecule has 0 aromatic rings. The van der Waals surface area contributed by atoms with Crippen molar-refractivity contribution < 1.29 is 15.0 Å². The lowest BCUT2D eigenvalue weighted by Crippen LogP contribution is -2.45. The maximum absolute atomic E-state index is 12.3. The van der Waals surface area contributed by atoms with Gasteiger partial charge in [-0.05, 0) is 39.0 Å². The number of unbranched alkanes of at least 4 members (excludes halogenated alkanes) is 20. The van der Waals surface area contributed by atoms with Crippen LogP contribution in [0.15, 0.2) is 36.5 Å². The average Bonchev–Trinajstić information content (AvgIpc) is 2.96. The largest absolute Gasteiger partial charge is 0.394 e. The second kappa shape index (κ2) is 32.1. The molecule has 0 bridgehead atoms. The van der Waals surface area contributed by atoms with Crippen molar-refractivity contribution in [1.82, 2.24) is 5.32 Å². The van der Waals surface area contributed by atoms with E-state index in [1.165, 1.54) is 109 Å². The minimum Gasteiger partial charge on any atom is -0.394 e. The van der Waals surface area contributed by atoms with E-state index in [-0.39, 0.29) is 12.5 Å². The number of rotatable bonds is 30. The van der Waals surface area contributed by atoms with Crippen LogP contribution in [-0.2, 0) is 4.79 Å². The molecule has 0 saturated carbocycles. The Labute approximate surface area is 249 Å². The SMILES string of the molecule is C/C=C/CC/C=C/CC/C=C/C(O)C(CO)NC(=O)CCCCCCCCCCCCCCCCCCCCC. The Balaban J connectivity index is 3.57. The predicted molar refractivity (Wildman–Crippen MR) is 175 cm³/mol. The first kappa shape index (κ1) is 38.6. The van der Waals surface area contributed by atoms with Crippen LogP contribution < -0.4 is 5.32 Å². The standard InChI is InChI=1S/C36H67NO3/c1-3-5-7-9-11-13-14-15-16-17-18-19-20-21-22-24-26-28-30-32-36(40)37-34(33-38)35(39)31-29-27-25-23-12-10-8-6-4-2/h4,6,12,23,29,31,34-35,38-39H,3,5,7-11,13-22,24-28,30,32-33H2,1-2H3,(H,37,40)/b6-4+,23-12+,31-29+. The zero-order chi connectivity index (χ0) is 29.4. The molecule has 0 aliphatic rings. The summed E-state index contributed by atoms with van der Waals surface area (Å²) in [6.45, 7) is 4.05. The van der Waals surface area contributed by atoms with Crippen LogP contribution in [0.25, 0.3) is 0 Å². The van der Waals surface area contributed by atoms with Gasteiger partial charge in [0, 0.05) is 6.42 Å². The minimum absolute atomic E-state index is 0.0810. The summed E-state index contributed by atoms with van der Waals surface area (Å²) in [6.07, 6.45) is 41.1. The zero-order valence-electron chi connectivity index (χ0n) is 26.6. The van der Waals surface area contributed by atoms with Gasteiger partial charge in [-0.2, -0.15) is 0 Å². The molecule has 3 N–H and O–H groups in total. The lowest BCUT2D eigenvalue weighted by Gasteiger charge is -2.19. The van der Waals surface area contributed by atoms with Crippen LogP contribution in [0.3, 0.4) is 0 Å². The molecule has 2 unspecified atom stereocenters. The second-order valence-electron chi connectivity index (χ2n) is 11.6. The Morgan fingerprint density at radius 1 is 0.625 bits per heavy atom. The first-order chi connectivity index (χ1) is 19.7. The van der Waals surface area contributed by atoms with Gasteiger partial charge in [0.25, 0.3) is 0 Å². The van der Waals surface area contributed by atoms with E-state index in [0.29, 0.717) is 6.42 Å². The van der Waals surface area contributed by atoms with Gasteiger partial charge < -0.3 is 15.5 Å². The Kier molecular flexibility index (Phi) is 31.0. The van der Waals surface area contributed by atoms with Crippen molar-refractivity contribution in [3.63, 3.8) is 0 Å². The molecule has 0 aliphatic heterocycles. The van der Waals surface area contributed by atoms with Crippen molar-refractivity contribution in [3.05, 3.63) is 36.5 Å². The van der Waals surface area contributed by atoms with Gasteiger partial charge in [0.05, 0.1) is 18.8 Å². The highest BCUT2D eigenvalue weighted by atomic mass is 16.3. The lowest BCUT2D eigenvalue weighted by molar-refractivity contribution is -0.123. The summed E-state index contributed by atoms with van der Waals surface area (Å²) in [6, 6.07) is -0.638. The number of hydrogen-bond acceptors (Lipinski definition) is 3. The fourth-order valence-electron chi connectivity index (χ4n) is 5.04. The Bertz CT molecular complexity index is 613. The van der Waals surface area contributed by atoms with Crippen molar-refractivity contribution in [2.24, 2.45) is 0 Å². The summed E-state index contributed by atoms with van der Waals surface area (Å²) in [5.74, 6) is -0.0810. The molecule has 234 valence electrons. The molecule has 0 aromatic carbocycles. The summed E-state index contributed by atoms with van der Waals surface area (Å²) in [4.78, 5) is 12.3. The molecule has 2 atom stereocenters. The first-order valence-corrected chi connectivity index (χ1v) is 17.2. The number of amides is 1. The van der Waals surface area contributed by atoms with E-state index in [9.17, 15) is 15.0 Å². The van der Waals surface area contributed by atoms with E-state index in [1.54, 1.807) is 6.08 Å². The monoisotopic (exact) mass is 562 g/mol. The maximum atomic E-state index is 12.3. The summed E-state index contributed by atoms with van der Waals surface area (Å²) in [5, 5.41) is 22.7. The van der Waals surface area contributed by atoms with Gasteiger partial charge in [-0.25, -0.2) is 0 Å². The number of aliphatic hydroxyl groups is 2. The quantitative estimate of drug-likeness (QED) is 0.0603. The van der Waals surface area contributed by atoms with Crippen LogP contribution in [-0.4, -0.2) is 34.9 Å². The van der Waals surface area contributed by atoms with Gasteiger partial charge in [0.1, 0.15) is 0 Å². The molecule has 0 rings (SSSR count). The molecule has 40 heavy (non-hydrogen) atoms. The topological polar surface area (TPSA) is 69.6 Å². The Hall–Kier alpha value is -1.39. The third-order valence-corrected chi connectivity index (χ3v) is 7.70. The van der Waals surface area contributed by atoms with Crippen LogP contribution in [0.5, 0.6) is 0 Å². The van der Waals surface area contributed by atoms with E-state index >= 15 is 0 Å². The Morgan fingerprint density at radius 3 is 1.45 bits per heavy atom. The number of carbonyl (C=O) groups is 1. The van der Waals surface area contributed by atoms with Crippen LogP contribution in [0.4, 0.5) is 0 Å². The fraction of sp³-hybridized carbons (Fsp3) is 0.806. The highest BCUT2D eigenvalue weighted by molar-refractivity contribution is 5.76. The van der Waals surface area contributed by atoms with Gasteiger partial charge in [0.2, 0.25) is 5.91 Å². The van der Waals surface area contributed by atoms with Gasteiger partial charge in [-0.1, -0.05) is 159 Å². The summed E-state index contributed by atoms with van der Waals surface area (Å²) in [5.41, 5.74) is 0. The fourth-order valence-corrected chi connectivity index (χ4v) is 5.04. The highest BCUT2D eigenvalue weighted by Gasteiger charge is 2.17. The number of nitrogens with one attached hydrogen (secondary N) is 1. The van der Waals surface area contributed by atoms with Crippen molar-refractivity contribution in [2.45, 2.75) is 180 Å². The minimum atomic E-state index is -0.863. The van der Waals surface area contributed by atoms with Crippen molar-refractivity contribution in [3.8, 4) is 0 Å². The molecule has 1 amide bonds. The molecule has 0 radical (unpaired) electrons. The zero-order valence-corrected chi connectivity index (χ0v) is 26.6. The molecule has 0 aromatic heterocycles. The van der Waals surface area contributed by atoms with E-state index in [1.807, 2.05) is 13.0 Å². The molecule has 0 spiro atoms. The molecule has 0 aliphatic carbocycles. The van der Waals surface area contributed by atoms with E-state index < -0.39 is 12.1 Å². The molecule has 4 nitrogen and oxygen atoms in total. The summed E-state index contributed by atoms with van der Waals surface area (Å²) in [7, 11) is 0.